The molecule has 5 aromatic rings. The topological polar surface area (TPSA) is 67.8 Å². The number of carbonyl (C=O) groups is 2. The first kappa shape index (κ1) is 21.8. The SMILES string of the molecule is O=C(Oc1ccc(/C=N\NC(=O)c2cccc3ccccc23)cc1)c1sc2ccccc2c1Cl. The lowest BCUT2D eigenvalue weighted by atomic mass is 10.0. The molecule has 0 unspecified atom stereocenters. The zero-order valence-electron chi connectivity index (χ0n) is 17.7. The van der Waals surface area contributed by atoms with Crippen molar-refractivity contribution in [3.63, 3.8) is 0 Å². The molecule has 4 aromatic carbocycles. The molecule has 0 atom stereocenters. The highest BCUT2D eigenvalue weighted by atomic mass is 35.5. The van der Waals surface area contributed by atoms with Crippen LogP contribution in [0.5, 0.6) is 5.75 Å². The number of benzene rings is 4. The molecular formula is C27H17ClN2O3S. The summed E-state index contributed by atoms with van der Waals surface area (Å²) < 4.78 is 6.41. The molecule has 0 fully saturated rings. The second-order valence-corrected chi connectivity index (χ2v) is 8.86. The van der Waals surface area contributed by atoms with Crippen LogP contribution in [0.4, 0.5) is 0 Å². The van der Waals surface area contributed by atoms with Crippen molar-refractivity contribution in [3.05, 3.63) is 112 Å². The highest BCUT2D eigenvalue weighted by Gasteiger charge is 2.18. The van der Waals surface area contributed by atoms with E-state index in [2.05, 4.69) is 10.5 Å². The number of hydrogen-bond acceptors (Lipinski definition) is 5. The van der Waals surface area contributed by atoms with E-state index in [0.717, 1.165) is 26.4 Å². The normalized spacial score (nSPS) is 11.2. The summed E-state index contributed by atoms with van der Waals surface area (Å²) in [6, 6.07) is 27.6. The van der Waals surface area contributed by atoms with E-state index in [0.29, 0.717) is 21.2 Å². The first-order valence-corrected chi connectivity index (χ1v) is 11.6. The number of hydrazone groups is 1. The fourth-order valence-electron chi connectivity index (χ4n) is 3.57. The molecular weight excluding hydrogens is 468 g/mol. The van der Waals surface area contributed by atoms with Crippen LogP contribution in [0.1, 0.15) is 25.6 Å². The first-order valence-electron chi connectivity index (χ1n) is 10.4. The highest BCUT2D eigenvalue weighted by molar-refractivity contribution is 7.21. The van der Waals surface area contributed by atoms with Crippen molar-refractivity contribution < 1.29 is 14.3 Å². The number of carbonyl (C=O) groups excluding carboxylic acids is 2. The van der Waals surface area contributed by atoms with Crippen LogP contribution < -0.4 is 10.2 Å². The Morgan fingerprint density at radius 2 is 1.56 bits per heavy atom. The van der Waals surface area contributed by atoms with Gasteiger partial charge in [0.05, 0.1) is 11.2 Å². The van der Waals surface area contributed by atoms with Crippen LogP contribution in [0.2, 0.25) is 5.02 Å². The summed E-state index contributed by atoms with van der Waals surface area (Å²) in [5.74, 6) is -0.413. The second-order valence-electron chi connectivity index (χ2n) is 7.43. The van der Waals surface area contributed by atoms with Crippen molar-refractivity contribution in [1.82, 2.24) is 5.43 Å². The van der Waals surface area contributed by atoms with Crippen molar-refractivity contribution in [1.29, 1.82) is 0 Å². The van der Waals surface area contributed by atoms with Gasteiger partial charge in [-0.25, -0.2) is 10.2 Å². The van der Waals surface area contributed by atoms with Crippen molar-refractivity contribution >= 4 is 61.9 Å². The molecule has 1 N–H and O–H groups in total. The second kappa shape index (κ2) is 9.47. The third-order valence-electron chi connectivity index (χ3n) is 5.22. The lowest BCUT2D eigenvalue weighted by Gasteiger charge is -2.05. The third-order valence-corrected chi connectivity index (χ3v) is 6.88. The van der Waals surface area contributed by atoms with E-state index in [1.165, 1.54) is 17.6 Å². The van der Waals surface area contributed by atoms with Gasteiger partial charge in [0.1, 0.15) is 10.6 Å². The first-order chi connectivity index (χ1) is 16.6. The molecule has 0 spiro atoms. The van der Waals surface area contributed by atoms with Gasteiger partial charge in [-0.15, -0.1) is 11.3 Å². The molecule has 0 aliphatic carbocycles. The van der Waals surface area contributed by atoms with Gasteiger partial charge >= 0.3 is 5.97 Å². The summed E-state index contributed by atoms with van der Waals surface area (Å²) in [7, 11) is 0. The van der Waals surface area contributed by atoms with Gasteiger partial charge in [0, 0.05) is 15.6 Å². The van der Waals surface area contributed by atoms with Gasteiger partial charge in [-0.05, 0) is 52.7 Å². The standard InChI is InChI=1S/C27H17ClN2O3S/c28-24-22-9-3-4-11-23(22)34-25(24)27(32)33-19-14-12-17(13-15-19)16-29-30-26(31)21-10-5-7-18-6-1-2-8-20(18)21/h1-16H,(H,30,31)/b29-16-. The number of amides is 1. The third kappa shape index (κ3) is 4.41. The molecule has 5 rings (SSSR count). The summed E-state index contributed by atoms with van der Waals surface area (Å²) in [4.78, 5) is 25.5. The summed E-state index contributed by atoms with van der Waals surface area (Å²) in [6.07, 6.45) is 1.53. The average Bonchev–Trinajstić information content (AvgIpc) is 3.21. The molecule has 166 valence electrons. The van der Waals surface area contributed by atoms with Crippen LogP contribution in [0.15, 0.2) is 96.1 Å². The Morgan fingerprint density at radius 3 is 2.35 bits per heavy atom. The Labute approximate surface area is 204 Å². The fraction of sp³-hybridized carbons (Fsp3) is 0. The Morgan fingerprint density at radius 1 is 0.853 bits per heavy atom. The van der Waals surface area contributed by atoms with Crippen LogP contribution in [0.3, 0.4) is 0 Å². The van der Waals surface area contributed by atoms with Crippen molar-refractivity contribution in [2.75, 3.05) is 0 Å². The Bertz CT molecular complexity index is 1550. The summed E-state index contributed by atoms with van der Waals surface area (Å²) >= 11 is 7.66. The minimum atomic E-state index is -0.505. The minimum absolute atomic E-state index is 0.293. The molecule has 1 amide bonds. The van der Waals surface area contributed by atoms with E-state index < -0.39 is 5.97 Å². The lowest BCUT2D eigenvalue weighted by Crippen LogP contribution is -2.17. The largest absolute Gasteiger partial charge is 0.422 e. The molecule has 1 aromatic heterocycles. The van der Waals surface area contributed by atoms with E-state index in [1.807, 2.05) is 60.7 Å². The molecule has 0 aliphatic rings. The predicted molar refractivity (Wildman–Crippen MR) is 137 cm³/mol. The van der Waals surface area contributed by atoms with Gasteiger partial charge in [-0.1, -0.05) is 66.2 Å². The van der Waals surface area contributed by atoms with Crippen molar-refractivity contribution in [3.8, 4) is 5.75 Å². The van der Waals surface area contributed by atoms with E-state index in [4.69, 9.17) is 16.3 Å². The van der Waals surface area contributed by atoms with Gasteiger partial charge in [0.15, 0.2) is 0 Å². The Hall–Kier alpha value is -4.00. The number of ether oxygens (including phenoxy) is 1. The maximum Gasteiger partial charge on any atom is 0.355 e. The lowest BCUT2D eigenvalue weighted by molar-refractivity contribution is 0.0739. The number of rotatable bonds is 5. The van der Waals surface area contributed by atoms with Gasteiger partial charge in [-0.2, -0.15) is 5.10 Å². The summed E-state index contributed by atoms with van der Waals surface area (Å²) in [6.45, 7) is 0. The molecule has 34 heavy (non-hydrogen) atoms. The van der Waals surface area contributed by atoms with Crippen LogP contribution in [0, 0.1) is 0 Å². The highest BCUT2D eigenvalue weighted by Crippen LogP contribution is 2.35. The quantitative estimate of drug-likeness (QED) is 0.131. The number of nitrogens with one attached hydrogen (secondary N) is 1. The van der Waals surface area contributed by atoms with E-state index >= 15 is 0 Å². The van der Waals surface area contributed by atoms with Gasteiger partial charge in [0.25, 0.3) is 5.91 Å². The van der Waals surface area contributed by atoms with Crippen LogP contribution >= 0.6 is 22.9 Å². The Kier molecular flexibility index (Phi) is 6.08. The van der Waals surface area contributed by atoms with Crippen LogP contribution in [-0.2, 0) is 0 Å². The molecule has 0 saturated heterocycles. The summed E-state index contributed by atoms with van der Waals surface area (Å²) in [5.41, 5.74) is 3.85. The molecule has 1 heterocycles. The molecule has 0 aliphatic heterocycles. The molecule has 0 saturated carbocycles. The number of fused-ring (bicyclic) bond motifs is 2. The zero-order valence-corrected chi connectivity index (χ0v) is 19.3. The Balaban J connectivity index is 1.24. The van der Waals surface area contributed by atoms with Crippen LogP contribution in [-0.4, -0.2) is 18.1 Å². The maximum atomic E-state index is 12.6. The van der Waals surface area contributed by atoms with Gasteiger partial charge in [-0.3, -0.25) is 4.79 Å². The fourth-order valence-corrected chi connectivity index (χ4v) is 4.95. The van der Waals surface area contributed by atoms with E-state index in [9.17, 15) is 9.59 Å². The van der Waals surface area contributed by atoms with Gasteiger partial charge in [0.2, 0.25) is 0 Å². The van der Waals surface area contributed by atoms with E-state index in [-0.39, 0.29) is 5.91 Å². The number of esters is 1. The number of thiophene rings is 1. The summed E-state index contributed by atoms with van der Waals surface area (Å²) in [5, 5.41) is 7.13. The van der Waals surface area contributed by atoms with Crippen LogP contribution in [0.25, 0.3) is 20.9 Å². The minimum Gasteiger partial charge on any atom is -0.422 e. The predicted octanol–water partition coefficient (Wildman–Crippen LogP) is 6.69. The average molecular weight is 485 g/mol. The smallest absolute Gasteiger partial charge is 0.355 e. The maximum absolute atomic E-state index is 12.6. The molecule has 0 radical (unpaired) electrons. The molecule has 5 nitrogen and oxygen atoms in total. The van der Waals surface area contributed by atoms with Crippen molar-refractivity contribution in [2.45, 2.75) is 0 Å². The number of nitrogens with zero attached hydrogens (tertiary/aromatic N) is 1. The monoisotopic (exact) mass is 484 g/mol. The number of halogens is 1. The zero-order chi connectivity index (χ0) is 23.5. The molecule has 0 bridgehead atoms. The van der Waals surface area contributed by atoms with Crippen molar-refractivity contribution in [2.24, 2.45) is 5.10 Å². The number of hydrogen-bond donors (Lipinski definition) is 1. The van der Waals surface area contributed by atoms with E-state index in [1.54, 1.807) is 30.3 Å². The van der Waals surface area contributed by atoms with Gasteiger partial charge < -0.3 is 4.74 Å². The molecule has 7 heteroatoms.